The molecule has 0 saturated heterocycles. The summed E-state index contributed by atoms with van der Waals surface area (Å²) in [5, 5.41) is 0. The Hall–Kier alpha value is -3.99. The minimum Gasteiger partial charge on any atom is -0.462 e. The van der Waals surface area contributed by atoms with Crippen molar-refractivity contribution >= 4 is 29.5 Å². The van der Waals surface area contributed by atoms with Crippen LogP contribution < -0.4 is 4.90 Å². The van der Waals surface area contributed by atoms with Gasteiger partial charge in [-0.25, -0.2) is 9.79 Å². The van der Waals surface area contributed by atoms with Crippen LogP contribution in [0.5, 0.6) is 0 Å². The molecule has 4 rings (SSSR count). The van der Waals surface area contributed by atoms with Crippen LogP contribution in [0.2, 0.25) is 0 Å². The zero-order chi connectivity index (χ0) is 20.9. The number of anilines is 1. The van der Waals surface area contributed by atoms with Crippen LogP contribution in [-0.4, -0.2) is 24.3 Å². The van der Waals surface area contributed by atoms with E-state index in [0.717, 1.165) is 11.1 Å². The van der Waals surface area contributed by atoms with E-state index in [4.69, 9.17) is 4.74 Å². The second kappa shape index (κ2) is 8.57. The summed E-state index contributed by atoms with van der Waals surface area (Å²) in [6.45, 7) is 2.07. The quantitative estimate of drug-likeness (QED) is 0.464. The number of esters is 1. The molecule has 148 valence electrons. The molecule has 1 heterocycles. The number of carbonyl (C=O) groups is 2. The molecule has 0 radical (unpaired) electrons. The fourth-order valence-corrected chi connectivity index (χ4v) is 3.21. The maximum atomic E-state index is 13.3. The number of hydrogen-bond acceptors (Lipinski definition) is 4. The van der Waals surface area contributed by atoms with Crippen molar-refractivity contribution in [2.45, 2.75) is 6.92 Å². The van der Waals surface area contributed by atoms with Gasteiger partial charge in [0.25, 0.3) is 5.91 Å². The van der Waals surface area contributed by atoms with Crippen LogP contribution in [0.15, 0.2) is 95.6 Å². The molecule has 0 aliphatic carbocycles. The molecule has 3 aromatic carbocycles. The molecule has 0 spiro atoms. The van der Waals surface area contributed by atoms with Crippen LogP contribution in [0.1, 0.15) is 28.4 Å². The Morgan fingerprint density at radius 1 is 0.933 bits per heavy atom. The standard InChI is InChI=1S/C25H20N2O3/c1-2-30-25(29)20-13-15-21(16-14-20)27-23(19-11-7-4-8-12-19)26-22(24(27)28)17-18-9-5-3-6-10-18/h3-17H,2H2,1H3/b22-17+. The van der Waals surface area contributed by atoms with Crippen molar-refractivity contribution in [2.24, 2.45) is 4.99 Å². The molecule has 1 amide bonds. The van der Waals surface area contributed by atoms with Crippen LogP contribution in [0.25, 0.3) is 6.08 Å². The van der Waals surface area contributed by atoms with Crippen molar-refractivity contribution in [3.63, 3.8) is 0 Å². The summed E-state index contributed by atoms with van der Waals surface area (Å²) in [7, 11) is 0. The third kappa shape index (κ3) is 3.91. The van der Waals surface area contributed by atoms with Crippen molar-refractivity contribution in [1.82, 2.24) is 0 Å². The van der Waals surface area contributed by atoms with E-state index < -0.39 is 5.97 Å². The summed E-state index contributed by atoms with van der Waals surface area (Å²) in [5.41, 5.74) is 3.15. The fourth-order valence-electron chi connectivity index (χ4n) is 3.21. The van der Waals surface area contributed by atoms with E-state index in [1.54, 1.807) is 42.2 Å². The molecule has 0 atom stereocenters. The lowest BCUT2D eigenvalue weighted by Crippen LogP contribution is -2.32. The van der Waals surface area contributed by atoms with Crippen LogP contribution in [0.4, 0.5) is 5.69 Å². The molecule has 0 aromatic heterocycles. The van der Waals surface area contributed by atoms with Crippen LogP contribution in [0, 0.1) is 0 Å². The van der Waals surface area contributed by atoms with E-state index in [1.807, 2.05) is 60.7 Å². The van der Waals surface area contributed by atoms with Gasteiger partial charge >= 0.3 is 5.97 Å². The maximum Gasteiger partial charge on any atom is 0.338 e. The fraction of sp³-hybridized carbons (Fsp3) is 0.0800. The van der Waals surface area contributed by atoms with Gasteiger partial charge in [0.05, 0.1) is 17.9 Å². The Bertz CT molecular complexity index is 1120. The normalized spacial score (nSPS) is 14.7. The Labute approximate surface area is 174 Å². The number of benzene rings is 3. The zero-order valence-electron chi connectivity index (χ0n) is 16.5. The third-order valence-electron chi connectivity index (χ3n) is 4.63. The predicted molar refractivity (Wildman–Crippen MR) is 117 cm³/mol. The summed E-state index contributed by atoms with van der Waals surface area (Å²) in [4.78, 5) is 31.4. The van der Waals surface area contributed by atoms with Crippen molar-refractivity contribution in [2.75, 3.05) is 11.5 Å². The van der Waals surface area contributed by atoms with Crippen molar-refractivity contribution < 1.29 is 14.3 Å². The van der Waals surface area contributed by atoms with Crippen molar-refractivity contribution in [1.29, 1.82) is 0 Å². The summed E-state index contributed by atoms with van der Waals surface area (Å²) in [5.74, 6) is -0.0633. The minimum atomic E-state index is -0.390. The van der Waals surface area contributed by atoms with E-state index in [-0.39, 0.29) is 5.91 Å². The van der Waals surface area contributed by atoms with Gasteiger partial charge in [0.15, 0.2) is 0 Å². The van der Waals surface area contributed by atoms with Gasteiger partial charge in [-0.3, -0.25) is 9.69 Å². The first-order chi connectivity index (χ1) is 14.7. The third-order valence-corrected chi connectivity index (χ3v) is 4.63. The molecule has 0 fully saturated rings. The monoisotopic (exact) mass is 396 g/mol. The van der Waals surface area contributed by atoms with Gasteiger partial charge in [0.2, 0.25) is 0 Å². The highest BCUT2D eigenvalue weighted by Gasteiger charge is 2.32. The van der Waals surface area contributed by atoms with Gasteiger partial charge in [0, 0.05) is 5.56 Å². The summed E-state index contributed by atoms with van der Waals surface area (Å²) >= 11 is 0. The van der Waals surface area contributed by atoms with E-state index in [1.165, 1.54) is 0 Å². The number of amides is 1. The molecule has 1 aliphatic heterocycles. The zero-order valence-corrected chi connectivity index (χ0v) is 16.5. The molecule has 0 saturated carbocycles. The predicted octanol–water partition coefficient (Wildman–Crippen LogP) is 4.70. The molecular weight excluding hydrogens is 376 g/mol. The summed E-state index contributed by atoms with van der Waals surface area (Å²) < 4.78 is 5.04. The van der Waals surface area contributed by atoms with Gasteiger partial charge in [0.1, 0.15) is 11.5 Å². The first-order valence-corrected chi connectivity index (χ1v) is 9.70. The number of nitrogens with zero attached hydrogens (tertiary/aromatic N) is 2. The SMILES string of the molecule is CCOC(=O)c1ccc(N2C(=O)/C(=C\c3ccccc3)N=C2c2ccccc2)cc1. The average molecular weight is 396 g/mol. The lowest BCUT2D eigenvalue weighted by atomic mass is 10.1. The van der Waals surface area contributed by atoms with E-state index >= 15 is 0 Å². The van der Waals surface area contributed by atoms with Gasteiger partial charge in [-0.05, 0) is 42.8 Å². The second-order valence-corrected chi connectivity index (χ2v) is 6.65. The number of ether oxygens (including phenoxy) is 1. The number of aliphatic imine (C=N–C) groups is 1. The molecule has 5 nitrogen and oxygen atoms in total. The van der Waals surface area contributed by atoms with Gasteiger partial charge in [-0.15, -0.1) is 0 Å². The van der Waals surface area contributed by atoms with Gasteiger partial charge < -0.3 is 4.74 Å². The number of rotatable bonds is 5. The molecule has 0 unspecified atom stereocenters. The summed E-state index contributed by atoms with van der Waals surface area (Å²) in [6.07, 6.45) is 1.78. The highest BCUT2D eigenvalue weighted by atomic mass is 16.5. The molecule has 0 bridgehead atoms. The minimum absolute atomic E-state index is 0.221. The Balaban J connectivity index is 1.74. The van der Waals surface area contributed by atoms with E-state index in [0.29, 0.717) is 29.4 Å². The molecule has 5 heteroatoms. The topological polar surface area (TPSA) is 59.0 Å². The van der Waals surface area contributed by atoms with Gasteiger partial charge in [-0.2, -0.15) is 0 Å². The van der Waals surface area contributed by atoms with Crippen molar-refractivity contribution in [3.05, 3.63) is 107 Å². The molecule has 0 N–H and O–H groups in total. The van der Waals surface area contributed by atoms with Crippen LogP contribution in [-0.2, 0) is 9.53 Å². The average Bonchev–Trinajstić information content (AvgIpc) is 3.11. The number of hydrogen-bond donors (Lipinski definition) is 0. The molecular formula is C25H20N2O3. The highest BCUT2D eigenvalue weighted by Crippen LogP contribution is 2.28. The number of carbonyl (C=O) groups excluding carboxylic acids is 2. The highest BCUT2D eigenvalue weighted by molar-refractivity contribution is 6.33. The summed E-state index contributed by atoms with van der Waals surface area (Å²) in [6, 6.07) is 25.9. The van der Waals surface area contributed by atoms with Crippen LogP contribution >= 0.6 is 0 Å². The largest absolute Gasteiger partial charge is 0.462 e. The molecule has 30 heavy (non-hydrogen) atoms. The molecule has 3 aromatic rings. The Kier molecular flexibility index (Phi) is 5.52. The lowest BCUT2D eigenvalue weighted by Gasteiger charge is -2.18. The van der Waals surface area contributed by atoms with Crippen LogP contribution in [0.3, 0.4) is 0 Å². The smallest absolute Gasteiger partial charge is 0.338 e. The Morgan fingerprint density at radius 2 is 1.57 bits per heavy atom. The first-order valence-electron chi connectivity index (χ1n) is 9.70. The van der Waals surface area contributed by atoms with E-state index in [9.17, 15) is 9.59 Å². The molecule has 1 aliphatic rings. The van der Waals surface area contributed by atoms with E-state index in [2.05, 4.69) is 4.99 Å². The second-order valence-electron chi connectivity index (χ2n) is 6.65. The van der Waals surface area contributed by atoms with Crippen molar-refractivity contribution in [3.8, 4) is 0 Å². The maximum absolute atomic E-state index is 13.3. The van der Waals surface area contributed by atoms with Gasteiger partial charge in [-0.1, -0.05) is 60.7 Å². The Morgan fingerprint density at radius 3 is 2.20 bits per heavy atom. The number of amidine groups is 1. The first kappa shape index (κ1) is 19.3. The lowest BCUT2D eigenvalue weighted by molar-refractivity contribution is -0.113.